The van der Waals surface area contributed by atoms with Gasteiger partial charge in [-0.2, -0.15) is 0 Å². The third-order valence-electron chi connectivity index (χ3n) is 4.86. The number of aryl methyl sites for hydroxylation is 1. The Balaban J connectivity index is 1.68. The van der Waals surface area contributed by atoms with Crippen molar-refractivity contribution in [2.75, 3.05) is 25.1 Å². The van der Waals surface area contributed by atoms with Crippen LogP contribution < -0.4 is 4.90 Å². The molecule has 3 rings (SSSR count). The summed E-state index contributed by atoms with van der Waals surface area (Å²) in [6.07, 6.45) is 0. The quantitative estimate of drug-likeness (QED) is 0.794. The maximum atomic E-state index is 12.8. The van der Waals surface area contributed by atoms with E-state index in [1.165, 1.54) is 7.11 Å². The van der Waals surface area contributed by atoms with E-state index >= 15 is 0 Å². The molecule has 1 atom stereocenters. The van der Waals surface area contributed by atoms with Gasteiger partial charge in [-0.05, 0) is 49.2 Å². The molecule has 1 aliphatic heterocycles. The van der Waals surface area contributed by atoms with Gasteiger partial charge in [0.25, 0.3) is 0 Å². The zero-order valence-electron chi connectivity index (χ0n) is 15.4. The minimum Gasteiger partial charge on any atom is -0.465 e. The van der Waals surface area contributed by atoms with Gasteiger partial charge < -0.3 is 9.64 Å². The van der Waals surface area contributed by atoms with Crippen molar-refractivity contribution >= 4 is 17.6 Å². The summed E-state index contributed by atoms with van der Waals surface area (Å²) < 4.78 is 4.72. The zero-order chi connectivity index (χ0) is 18.7. The van der Waals surface area contributed by atoms with Gasteiger partial charge in [-0.15, -0.1) is 0 Å². The summed E-state index contributed by atoms with van der Waals surface area (Å²) in [5.41, 5.74) is 3.71. The minimum atomic E-state index is -0.341. The van der Waals surface area contributed by atoms with Gasteiger partial charge in [0.05, 0.1) is 18.7 Å². The molecule has 26 heavy (non-hydrogen) atoms. The van der Waals surface area contributed by atoms with Crippen LogP contribution in [0.4, 0.5) is 5.69 Å². The van der Waals surface area contributed by atoms with Gasteiger partial charge >= 0.3 is 5.97 Å². The molecule has 1 saturated heterocycles. The molecule has 0 N–H and O–H groups in total. The lowest BCUT2D eigenvalue weighted by Gasteiger charge is -2.39. The fourth-order valence-electron chi connectivity index (χ4n) is 3.28. The summed E-state index contributed by atoms with van der Waals surface area (Å²) in [4.78, 5) is 28.4. The first-order chi connectivity index (χ1) is 12.5. The molecule has 2 aromatic rings. The zero-order valence-corrected chi connectivity index (χ0v) is 15.4. The van der Waals surface area contributed by atoms with Gasteiger partial charge in [-0.1, -0.05) is 24.3 Å². The lowest BCUT2D eigenvalue weighted by atomic mass is 10.1. The summed E-state index contributed by atoms with van der Waals surface area (Å²) in [6, 6.07) is 15.2. The topological polar surface area (TPSA) is 49.9 Å². The largest absolute Gasteiger partial charge is 0.465 e. The Kier molecular flexibility index (Phi) is 5.38. The minimum absolute atomic E-state index is 0.119. The Labute approximate surface area is 154 Å². The van der Waals surface area contributed by atoms with E-state index in [4.69, 9.17) is 4.74 Å². The lowest BCUT2D eigenvalue weighted by molar-refractivity contribution is -0.125. The van der Waals surface area contributed by atoms with E-state index in [1.807, 2.05) is 55.1 Å². The molecule has 1 fully saturated rings. The maximum absolute atomic E-state index is 12.8. The number of hydrogen-bond acceptors (Lipinski definition) is 4. The molecule has 0 spiro atoms. The molecule has 1 aliphatic rings. The second-order valence-electron chi connectivity index (χ2n) is 6.66. The number of ether oxygens (including phenoxy) is 1. The molecule has 136 valence electrons. The van der Waals surface area contributed by atoms with Crippen LogP contribution in [0, 0.1) is 6.92 Å². The van der Waals surface area contributed by atoms with Gasteiger partial charge in [0, 0.05) is 25.3 Å². The van der Waals surface area contributed by atoms with Gasteiger partial charge in [0.1, 0.15) is 0 Å². The number of nitrogens with zero attached hydrogens (tertiary/aromatic N) is 2. The number of benzene rings is 2. The van der Waals surface area contributed by atoms with Crippen molar-refractivity contribution in [3.8, 4) is 0 Å². The van der Waals surface area contributed by atoms with Crippen molar-refractivity contribution < 1.29 is 14.3 Å². The molecular weight excluding hydrogens is 328 g/mol. The Bertz CT molecular complexity index is 801. The average molecular weight is 352 g/mol. The van der Waals surface area contributed by atoms with E-state index in [2.05, 4.69) is 4.90 Å². The fourth-order valence-corrected chi connectivity index (χ4v) is 3.28. The van der Waals surface area contributed by atoms with E-state index in [9.17, 15) is 9.59 Å². The molecule has 2 aromatic carbocycles. The predicted molar refractivity (Wildman–Crippen MR) is 101 cm³/mol. The van der Waals surface area contributed by atoms with Crippen LogP contribution in [0.1, 0.15) is 28.4 Å². The number of hydrogen-bond donors (Lipinski definition) is 0. The van der Waals surface area contributed by atoms with Crippen LogP contribution >= 0.6 is 0 Å². The van der Waals surface area contributed by atoms with Crippen LogP contribution in [0.25, 0.3) is 0 Å². The Morgan fingerprint density at radius 3 is 2.54 bits per heavy atom. The molecule has 5 heteroatoms. The van der Waals surface area contributed by atoms with Crippen molar-refractivity contribution in [1.82, 2.24) is 4.90 Å². The fraction of sp³-hybridized carbons (Fsp3) is 0.333. The number of carbonyl (C=O) groups excluding carboxylic acids is 2. The van der Waals surface area contributed by atoms with E-state index in [0.29, 0.717) is 18.7 Å². The van der Waals surface area contributed by atoms with E-state index < -0.39 is 0 Å². The maximum Gasteiger partial charge on any atom is 0.337 e. The number of carbonyl (C=O) groups is 2. The van der Waals surface area contributed by atoms with Crippen molar-refractivity contribution in [3.63, 3.8) is 0 Å². The SMILES string of the molecule is COC(=O)c1ccc(CN2CCN(c3cccc(C)c3)C(=O)[C@H]2C)cc1. The van der Waals surface area contributed by atoms with Crippen LogP contribution in [0.2, 0.25) is 0 Å². The highest BCUT2D eigenvalue weighted by molar-refractivity contribution is 5.97. The first-order valence-corrected chi connectivity index (χ1v) is 8.79. The van der Waals surface area contributed by atoms with Gasteiger partial charge in [-0.3, -0.25) is 9.69 Å². The third kappa shape index (κ3) is 3.78. The monoisotopic (exact) mass is 352 g/mol. The van der Waals surface area contributed by atoms with Gasteiger partial charge in [-0.25, -0.2) is 4.79 Å². The van der Waals surface area contributed by atoms with Crippen LogP contribution in [0.3, 0.4) is 0 Å². The molecule has 0 aromatic heterocycles. The molecular formula is C21H24N2O3. The number of amides is 1. The number of anilines is 1. The highest BCUT2D eigenvalue weighted by atomic mass is 16.5. The Hall–Kier alpha value is -2.66. The molecule has 0 aliphatic carbocycles. The summed E-state index contributed by atoms with van der Waals surface area (Å²) >= 11 is 0. The summed E-state index contributed by atoms with van der Waals surface area (Å²) in [5.74, 6) is -0.222. The van der Waals surface area contributed by atoms with E-state index in [-0.39, 0.29) is 17.9 Å². The van der Waals surface area contributed by atoms with Crippen LogP contribution in [0.15, 0.2) is 48.5 Å². The molecule has 0 bridgehead atoms. The third-order valence-corrected chi connectivity index (χ3v) is 4.86. The molecule has 1 amide bonds. The predicted octanol–water partition coefficient (Wildman–Crippen LogP) is 3.02. The summed E-state index contributed by atoms with van der Waals surface area (Å²) in [7, 11) is 1.37. The number of piperazine rings is 1. The Morgan fingerprint density at radius 2 is 1.88 bits per heavy atom. The van der Waals surface area contributed by atoms with Gasteiger partial charge in [0.2, 0.25) is 5.91 Å². The normalized spacial score (nSPS) is 18.0. The van der Waals surface area contributed by atoms with Crippen LogP contribution in [-0.4, -0.2) is 43.0 Å². The molecule has 0 unspecified atom stereocenters. The Morgan fingerprint density at radius 1 is 1.15 bits per heavy atom. The van der Waals surface area contributed by atoms with Crippen LogP contribution in [0.5, 0.6) is 0 Å². The molecule has 0 saturated carbocycles. The lowest BCUT2D eigenvalue weighted by Crippen LogP contribution is -2.55. The molecule has 1 heterocycles. The first-order valence-electron chi connectivity index (χ1n) is 8.79. The van der Waals surface area contributed by atoms with Crippen molar-refractivity contribution in [3.05, 3.63) is 65.2 Å². The second kappa shape index (κ2) is 7.70. The highest BCUT2D eigenvalue weighted by Gasteiger charge is 2.32. The standard InChI is InChI=1S/C21H24N2O3/c1-15-5-4-6-19(13-15)23-12-11-22(16(2)20(23)24)14-17-7-9-18(10-8-17)21(25)26-3/h4-10,13,16H,11-12,14H2,1-3H3/t16-/m1/s1. The van der Waals surface area contributed by atoms with E-state index in [1.54, 1.807) is 12.1 Å². The highest BCUT2D eigenvalue weighted by Crippen LogP contribution is 2.22. The number of rotatable bonds is 4. The molecule has 5 nitrogen and oxygen atoms in total. The summed E-state index contributed by atoms with van der Waals surface area (Å²) in [5, 5.41) is 0. The molecule has 0 radical (unpaired) electrons. The first kappa shape index (κ1) is 18.1. The van der Waals surface area contributed by atoms with Crippen molar-refractivity contribution in [2.24, 2.45) is 0 Å². The summed E-state index contributed by atoms with van der Waals surface area (Å²) in [6.45, 7) is 6.14. The van der Waals surface area contributed by atoms with E-state index in [0.717, 1.165) is 23.4 Å². The number of methoxy groups -OCH3 is 1. The van der Waals surface area contributed by atoms with Gasteiger partial charge in [0.15, 0.2) is 0 Å². The smallest absolute Gasteiger partial charge is 0.337 e. The number of esters is 1. The van der Waals surface area contributed by atoms with Crippen LogP contribution in [-0.2, 0) is 16.1 Å². The van der Waals surface area contributed by atoms with Crippen molar-refractivity contribution in [1.29, 1.82) is 0 Å². The average Bonchev–Trinajstić information content (AvgIpc) is 2.65. The second-order valence-corrected chi connectivity index (χ2v) is 6.66. The van der Waals surface area contributed by atoms with Crippen molar-refractivity contribution in [2.45, 2.75) is 26.4 Å².